The van der Waals surface area contributed by atoms with E-state index in [2.05, 4.69) is 81.1 Å². The van der Waals surface area contributed by atoms with Crippen LogP contribution in [0.2, 0.25) is 0 Å². The van der Waals surface area contributed by atoms with Crippen molar-refractivity contribution >= 4 is 11.4 Å². The third kappa shape index (κ3) is 4.98. The van der Waals surface area contributed by atoms with Crippen molar-refractivity contribution < 1.29 is 4.79 Å². The zero-order valence-electron chi connectivity index (χ0n) is 17.0. The zero-order valence-corrected chi connectivity index (χ0v) is 17.0. The van der Waals surface area contributed by atoms with Crippen molar-refractivity contribution in [3.8, 4) is 0 Å². The molecule has 0 aromatic heterocycles. The van der Waals surface area contributed by atoms with Gasteiger partial charge in [-0.25, -0.2) is 0 Å². The van der Waals surface area contributed by atoms with Crippen LogP contribution in [0.5, 0.6) is 0 Å². The molecule has 0 aliphatic heterocycles. The van der Waals surface area contributed by atoms with Crippen molar-refractivity contribution in [1.29, 1.82) is 0 Å². The highest BCUT2D eigenvalue weighted by Crippen LogP contribution is 2.39. The van der Waals surface area contributed by atoms with E-state index in [1.165, 1.54) is 22.3 Å². The first-order chi connectivity index (χ1) is 13.6. The summed E-state index contributed by atoms with van der Waals surface area (Å²) in [7, 11) is 0. The molecule has 28 heavy (non-hydrogen) atoms. The van der Waals surface area contributed by atoms with E-state index in [1.807, 2.05) is 12.1 Å². The van der Waals surface area contributed by atoms with Crippen LogP contribution in [0.4, 0.5) is 0 Å². The Morgan fingerprint density at radius 2 is 1.75 bits per heavy atom. The van der Waals surface area contributed by atoms with Gasteiger partial charge in [-0.05, 0) is 41.0 Å². The van der Waals surface area contributed by atoms with Crippen molar-refractivity contribution in [2.75, 3.05) is 0 Å². The van der Waals surface area contributed by atoms with Crippen LogP contribution in [0.25, 0.3) is 5.57 Å². The molecule has 2 aromatic carbocycles. The van der Waals surface area contributed by atoms with E-state index < -0.39 is 0 Å². The summed E-state index contributed by atoms with van der Waals surface area (Å²) >= 11 is 0. The molecule has 1 unspecified atom stereocenters. The first kappa shape index (κ1) is 20.1. The SMILES string of the molecule is C=CCC1C(CCC(=O)Cc2ccc(C(C)C)cc2)=CC=C1c1ccccc1. The number of rotatable bonds is 9. The first-order valence-electron chi connectivity index (χ1n) is 10.3. The van der Waals surface area contributed by atoms with Crippen molar-refractivity contribution in [3.63, 3.8) is 0 Å². The smallest absolute Gasteiger partial charge is 0.137 e. The van der Waals surface area contributed by atoms with Crippen molar-refractivity contribution in [1.82, 2.24) is 0 Å². The summed E-state index contributed by atoms with van der Waals surface area (Å²) in [4.78, 5) is 12.5. The maximum absolute atomic E-state index is 12.5. The Kier molecular flexibility index (Phi) is 6.81. The first-order valence-corrected chi connectivity index (χ1v) is 10.3. The van der Waals surface area contributed by atoms with Gasteiger partial charge in [0.25, 0.3) is 0 Å². The number of hydrogen-bond donors (Lipinski definition) is 0. The lowest BCUT2D eigenvalue weighted by Crippen LogP contribution is -2.07. The third-order valence-electron chi connectivity index (χ3n) is 5.55. The minimum atomic E-state index is 0.309. The molecule has 0 saturated heterocycles. The maximum Gasteiger partial charge on any atom is 0.137 e. The van der Waals surface area contributed by atoms with Gasteiger partial charge in [0.05, 0.1) is 0 Å². The minimum Gasteiger partial charge on any atom is -0.299 e. The third-order valence-corrected chi connectivity index (χ3v) is 5.55. The topological polar surface area (TPSA) is 17.1 Å². The van der Waals surface area contributed by atoms with Gasteiger partial charge < -0.3 is 0 Å². The van der Waals surface area contributed by atoms with Gasteiger partial charge in [-0.2, -0.15) is 0 Å². The number of Topliss-reactive ketones (excluding diaryl/α,β-unsaturated/α-hetero) is 1. The van der Waals surface area contributed by atoms with Gasteiger partial charge in [0.1, 0.15) is 5.78 Å². The van der Waals surface area contributed by atoms with E-state index in [0.29, 0.717) is 30.5 Å². The molecule has 0 spiro atoms. The molecule has 0 amide bonds. The Balaban J connectivity index is 1.57. The molecule has 3 rings (SSSR count). The molecule has 0 radical (unpaired) electrons. The lowest BCUT2D eigenvalue weighted by atomic mass is 9.86. The number of ketones is 1. The summed E-state index contributed by atoms with van der Waals surface area (Å²) in [5.41, 5.74) is 6.38. The van der Waals surface area contributed by atoms with Crippen LogP contribution in [0, 0.1) is 5.92 Å². The summed E-state index contributed by atoms with van der Waals surface area (Å²) in [5, 5.41) is 0. The van der Waals surface area contributed by atoms with Crippen LogP contribution in [0.1, 0.15) is 55.7 Å². The Labute approximate surface area is 169 Å². The molecule has 0 saturated carbocycles. The normalized spacial score (nSPS) is 16.0. The van der Waals surface area contributed by atoms with Gasteiger partial charge in [0.15, 0.2) is 0 Å². The molecule has 0 N–H and O–H groups in total. The fraction of sp³-hybridized carbons (Fsp3) is 0.296. The molecule has 144 valence electrons. The molecule has 0 heterocycles. The molecule has 1 aliphatic rings. The van der Waals surface area contributed by atoms with Crippen LogP contribution >= 0.6 is 0 Å². The lowest BCUT2D eigenvalue weighted by molar-refractivity contribution is -0.118. The van der Waals surface area contributed by atoms with Crippen LogP contribution in [-0.2, 0) is 11.2 Å². The van der Waals surface area contributed by atoms with Crippen LogP contribution in [0.15, 0.2) is 85.0 Å². The summed E-state index contributed by atoms with van der Waals surface area (Å²) in [5.74, 6) is 1.17. The van der Waals surface area contributed by atoms with Gasteiger partial charge >= 0.3 is 0 Å². The monoisotopic (exact) mass is 370 g/mol. The van der Waals surface area contributed by atoms with E-state index in [-0.39, 0.29) is 0 Å². The summed E-state index contributed by atoms with van der Waals surface area (Å²) in [6.07, 6.45) is 9.28. The fourth-order valence-corrected chi connectivity index (χ4v) is 3.88. The highest BCUT2D eigenvalue weighted by atomic mass is 16.1. The van der Waals surface area contributed by atoms with Crippen LogP contribution in [-0.4, -0.2) is 5.78 Å². The second kappa shape index (κ2) is 9.50. The van der Waals surface area contributed by atoms with E-state index >= 15 is 0 Å². The Morgan fingerprint density at radius 1 is 1.04 bits per heavy atom. The van der Waals surface area contributed by atoms with Gasteiger partial charge in [0, 0.05) is 18.8 Å². The molecule has 2 aromatic rings. The highest BCUT2D eigenvalue weighted by Gasteiger charge is 2.23. The van der Waals surface area contributed by atoms with Crippen LogP contribution < -0.4 is 0 Å². The average molecular weight is 371 g/mol. The number of allylic oxidation sites excluding steroid dienone is 5. The largest absolute Gasteiger partial charge is 0.299 e. The predicted molar refractivity (Wildman–Crippen MR) is 119 cm³/mol. The maximum atomic E-state index is 12.5. The minimum absolute atomic E-state index is 0.309. The molecular weight excluding hydrogens is 340 g/mol. The summed E-state index contributed by atoms with van der Waals surface area (Å²) < 4.78 is 0. The molecule has 0 bridgehead atoms. The van der Waals surface area contributed by atoms with Gasteiger partial charge in [-0.1, -0.05) is 92.2 Å². The second-order valence-corrected chi connectivity index (χ2v) is 7.92. The standard InChI is InChI=1S/C27H30O/c1-4-8-26-24(16-18-27(26)23-9-6-5-7-10-23)15-17-25(28)19-21-11-13-22(14-12-21)20(2)3/h4-7,9-14,16,18,20,26H,1,8,15,17,19H2,2-3H3. The molecule has 1 atom stereocenters. The molecule has 1 nitrogen and oxygen atoms in total. The van der Waals surface area contributed by atoms with Crippen molar-refractivity contribution in [2.24, 2.45) is 5.92 Å². The number of hydrogen-bond acceptors (Lipinski definition) is 1. The lowest BCUT2D eigenvalue weighted by Gasteiger charge is -2.18. The number of benzene rings is 2. The van der Waals surface area contributed by atoms with Gasteiger partial charge in [-0.3, -0.25) is 4.79 Å². The van der Waals surface area contributed by atoms with E-state index in [0.717, 1.165) is 18.4 Å². The number of carbonyl (C=O) groups excluding carboxylic acids is 1. The molecule has 1 heteroatoms. The van der Waals surface area contributed by atoms with Crippen LogP contribution in [0.3, 0.4) is 0 Å². The molecular formula is C27H30O. The van der Waals surface area contributed by atoms with Crippen molar-refractivity contribution in [3.05, 3.63) is 102 Å². The van der Waals surface area contributed by atoms with E-state index in [9.17, 15) is 4.79 Å². The van der Waals surface area contributed by atoms with E-state index in [1.54, 1.807) is 0 Å². The van der Waals surface area contributed by atoms with E-state index in [4.69, 9.17) is 0 Å². The quantitative estimate of drug-likeness (QED) is 0.438. The van der Waals surface area contributed by atoms with Crippen molar-refractivity contribution in [2.45, 2.75) is 45.4 Å². The predicted octanol–water partition coefficient (Wildman–Crippen LogP) is 6.92. The second-order valence-electron chi connectivity index (χ2n) is 7.92. The Hall–Kier alpha value is -2.67. The van der Waals surface area contributed by atoms with Gasteiger partial charge in [0.2, 0.25) is 0 Å². The summed E-state index contributed by atoms with van der Waals surface area (Å²) in [6, 6.07) is 19.0. The van der Waals surface area contributed by atoms with Gasteiger partial charge in [-0.15, -0.1) is 6.58 Å². The molecule has 0 fully saturated rings. The molecule has 1 aliphatic carbocycles. The summed E-state index contributed by atoms with van der Waals surface area (Å²) in [6.45, 7) is 8.31. The number of carbonyl (C=O) groups is 1. The highest BCUT2D eigenvalue weighted by molar-refractivity contribution is 5.81. The Morgan fingerprint density at radius 3 is 2.39 bits per heavy atom. The Bertz CT molecular complexity index is 866. The fourth-order valence-electron chi connectivity index (χ4n) is 3.88. The average Bonchev–Trinajstić information content (AvgIpc) is 3.10. The zero-order chi connectivity index (χ0) is 19.9.